The highest BCUT2D eigenvalue weighted by atomic mass is 32.2. The van der Waals surface area contributed by atoms with Crippen molar-refractivity contribution in [3.63, 3.8) is 0 Å². The Balaban J connectivity index is 1.75. The fraction of sp³-hybridized carbons (Fsp3) is 0.200. The van der Waals surface area contributed by atoms with Gasteiger partial charge < -0.3 is 10.1 Å². The fourth-order valence-electron chi connectivity index (χ4n) is 2.74. The maximum atomic E-state index is 13.1. The van der Waals surface area contributed by atoms with E-state index < -0.39 is 22.0 Å². The van der Waals surface area contributed by atoms with E-state index in [0.717, 1.165) is 6.20 Å². The van der Waals surface area contributed by atoms with Gasteiger partial charge in [-0.05, 0) is 55.8 Å². The number of benzene rings is 2. The highest BCUT2D eigenvalue weighted by Gasteiger charge is 2.26. The third-order valence-corrected chi connectivity index (χ3v) is 5.61. The smallest absolute Gasteiger partial charge is 0.279 e. The molecule has 0 aliphatic heterocycles. The number of H-pyrrole nitrogens is 1. The molecule has 0 fully saturated rings. The molecule has 8 nitrogen and oxygen atoms in total. The van der Waals surface area contributed by atoms with E-state index in [9.17, 15) is 17.6 Å². The second-order valence-corrected chi connectivity index (χ2v) is 8.04. The van der Waals surface area contributed by atoms with Gasteiger partial charge in [0.15, 0.2) is 5.03 Å². The molecular weight excluding hydrogens is 411 g/mol. The van der Waals surface area contributed by atoms with Crippen LogP contribution in [0.2, 0.25) is 0 Å². The van der Waals surface area contributed by atoms with E-state index in [1.807, 2.05) is 6.92 Å². The molecule has 0 saturated carbocycles. The summed E-state index contributed by atoms with van der Waals surface area (Å²) in [5.74, 6) is -0.412. The van der Waals surface area contributed by atoms with Crippen molar-refractivity contribution in [2.24, 2.45) is 0 Å². The van der Waals surface area contributed by atoms with Crippen LogP contribution in [0.25, 0.3) is 0 Å². The predicted octanol–water partition coefficient (Wildman–Crippen LogP) is 3.24. The zero-order valence-corrected chi connectivity index (χ0v) is 17.2. The van der Waals surface area contributed by atoms with Crippen LogP contribution in [0.4, 0.5) is 10.1 Å². The van der Waals surface area contributed by atoms with Crippen molar-refractivity contribution < 1.29 is 22.3 Å². The first-order valence-corrected chi connectivity index (χ1v) is 10.6. The first-order chi connectivity index (χ1) is 14.3. The summed E-state index contributed by atoms with van der Waals surface area (Å²) >= 11 is 0. The number of hydrogen-bond donors (Lipinski definition) is 3. The molecule has 3 N–H and O–H groups in total. The molecule has 1 heterocycles. The topological polar surface area (TPSA) is 113 Å². The number of anilines is 1. The number of carbonyl (C=O) groups is 1. The van der Waals surface area contributed by atoms with Crippen molar-refractivity contribution in [3.8, 4) is 5.75 Å². The zero-order valence-electron chi connectivity index (χ0n) is 16.3. The normalized spacial score (nSPS) is 12.2. The van der Waals surface area contributed by atoms with E-state index in [0.29, 0.717) is 23.6 Å². The van der Waals surface area contributed by atoms with Gasteiger partial charge >= 0.3 is 0 Å². The van der Waals surface area contributed by atoms with E-state index in [2.05, 4.69) is 20.2 Å². The van der Waals surface area contributed by atoms with Gasteiger partial charge in [-0.1, -0.05) is 12.1 Å². The summed E-state index contributed by atoms with van der Waals surface area (Å²) in [6, 6.07) is 11.5. The Morgan fingerprint density at radius 2 is 1.83 bits per heavy atom. The molecule has 2 aromatic carbocycles. The van der Waals surface area contributed by atoms with Gasteiger partial charge in [-0.25, -0.2) is 4.39 Å². The van der Waals surface area contributed by atoms with Crippen LogP contribution in [0.1, 0.15) is 35.8 Å². The minimum absolute atomic E-state index is 0.137. The van der Waals surface area contributed by atoms with Crippen LogP contribution in [0, 0.1) is 5.82 Å². The lowest BCUT2D eigenvalue weighted by atomic mass is 10.1. The summed E-state index contributed by atoms with van der Waals surface area (Å²) in [7, 11) is -4.10. The number of carbonyl (C=O) groups excluding carboxylic acids is 1. The van der Waals surface area contributed by atoms with Crippen LogP contribution in [0.5, 0.6) is 5.75 Å². The third-order valence-electron chi connectivity index (χ3n) is 4.25. The monoisotopic (exact) mass is 432 g/mol. The Hall–Kier alpha value is -3.40. The summed E-state index contributed by atoms with van der Waals surface area (Å²) in [5.41, 5.74) is 0.839. The highest BCUT2D eigenvalue weighted by molar-refractivity contribution is 7.92. The molecule has 0 saturated heterocycles. The molecule has 3 aromatic rings. The van der Waals surface area contributed by atoms with E-state index in [1.165, 1.54) is 12.1 Å². The maximum absolute atomic E-state index is 13.1. The molecule has 1 aromatic heterocycles. The molecule has 1 atom stereocenters. The highest BCUT2D eigenvalue weighted by Crippen LogP contribution is 2.21. The van der Waals surface area contributed by atoms with E-state index in [-0.39, 0.29) is 16.4 Å². The van der Waals surface area contributed by atoms with Gasteiger partial charge in [-0.2, -0.15) is 13.5 Å². The minimum atomic E-state index is -4.10. The average Bonchev–Trinajstić information content (AvgIpc) is 3.21. The molecule has 158 valence electrons. The van der Waals surface area contributed by atoms with Crippen LogP contribution in [-0.4, -0.2) is 31.1 Å². The molecule has 0 aliphatic rings. The van der Waals surface area contributed by atoms with Gasteiger partial charge in [-0.15, -0.1) is 0 Å². The van der Waals surface area contributed by atoms with Gasteiger partial charge in [0, 0.05) is 5.69 Å². The van der Waals surface area contributed by atoms with Gasteiger partial charge in [0.2, 0.25) is 0 Å². The molecule has 3 rings (SSSR count). The average molecular weight is 432 g/mol. The molecule has 1 amide bonds. The lowest BCUT2D eigenvalue weighted by molar-refractivity contribution is 0.0936. The number of halogens is 1. The summed E-state index contributed by atoms with van der Waals surface area (Å²) in [6.45, 7) is 4.05. The lowest BCUT2D eigenvalue weighted by Crippen LogP contribution is -2.28. The number of sulfonamides is 1. The van der Waals surface area contributed by atoms with Crippen molar-refractivity contribution in [1.29, 1.82) is 0 Å². The van der Waals surface area contributed by atoms with E-state index >= 15 is 0 Å². The number of rotatable bonds is 8. The Bertz CT molecular complexity index is 1110. The molecule has 1 unspecified atom stereocenters. The van der Waals surface area contributed by atoms with Crippen molar-refractivity contribution >= 4 is 21.6 Å². The molecular formula is C20H21FN4O4S. The Labute approximate surface area is 173 Å². The number of ether oxygens (including phenoxy) is 1. The predicted molar refractivity (Wildman–Crippen MR) is 109 cm³/mol. The SMILES string of the molecule is CCOc1ccc(NS(=O)(=O)c2[nH]ncc2C(=O)NC(C)c2ccc(F)cc2)cc1. The van der Waals surface area contributed by atoms with Crippen LogP contribution < -0.4 is 14.8 Å². The summed E-state index contributed by atoms with van der Waals surface area (Å²) in [4.78, 5) is 12.6. The largest absolute Gasteiger partial charge is 0.494 e. The van der Waals surface area contributed by atoms with Crippen molar-refractivity contribution in [2.45, 2.75) is 24.9 Å². The number of aromatic nitrogens is 2. The van der Waals surface area contributed by atoms with Crippen LogP contribution in [0.15, 0.2) is 59.8 Å². The summed E-state index contributed by atoms with van der Waals surface area (Å²) in [5, 5.41) is 8.40. The third kappa shape index (κ3) is 4.95. The molecule has 0 radical (unpaired) electrons. The van der Waals surface area contributed by atoms with E-state index in [1.54, 1.807) is 43.3 Å². The Morgan fingerprint density at radius 1 is 1.17 bits per heavy atom. The number of nitrogens with zero attached hydrogens (tertiary/aromatic N) is 1. The molecule has 10 heteroatoms. The number of hydrogen-bond acceptors (Lipinski definition) is 5. The van der Waals surface area contributed by atoms with Crippen LogP contribution in [0.3, 0.4) is 0 Å². The van der Waals surface area contributed by atoms with Crippen LogP contribution in [-0.2, 0) is 10.0 Å². The van der Waals surface area contributed by atoms with Gasteiger partial charge in [0.1, 0.15) is 11.6 Å². The van der Waals surface area contributed by atoms with Crippen LogP contribution >= 0.6 is 0 Å². The van der Waals surface area contributed by atoms with Crippen molar-refractivity contribution in [1.82, 2.24) is 15.5 Å². The Morgan fingerprint density at radius 3 is 2.47 bits per heavy atom. The minimum Gasteiger partial charge on any atom is -0.494 e. The standard InChI is InChI=1S/C20H21FN4O4S/c1-3-29-17-10-8-16(9-11-17)25-30(27,28)20-18(12-22-24-20)19(26)23-13(2)14-4-6-15(21)7-5-14/h4-13,25H,3H2,1-2H3,(H,22,24)(H,23,26). The number of aromatic amines is 1. The summed E-state index contributed by atoms with van der Waals surface area (Å²) < 4.78 is 46.3. The van der Waals surface area contributed by atoms with Gasteiger partial charge in [0.25, 0.3) is 15.9 Å². The fourth-order valence-corrected chi connectivity index (χ4v) is 3.90. The molecule has 30 heavy (non-hydrogen) atoms. The maximum Gasteiger partial charge on any atom is 0.279 e. The first-order valence-electron chi connectivity index (χ1n) is 9.15. The first kappa shape index (κ1) is 21.3. The van der Waals surface area contributed by atoms with E-state index in [4.69, 9.17) is 4.74 Å². The molecule has 0 aliphatic carbocycles. The van der Waals surface area contributed by atoms with Crippen molar-refractivity contribution in [2.75, 3.05) is 11.3 Å². The second-order valence-electron chi connectivity index (χ2n) is 6.42. The summed E-state index contributed by atoms with van der Waals surface area (Å²) in [6.07, 6.45) is 1.14. The lowest BCUT2D eigenvalue weighted by Gasteiger charge is -2.14. The number of amides is 1. The second kappa shape index (κ2) is 8.95. The Kier molecular flexibility index (Phi) is 6.36. The number of nitrogens with one attached hydrogen (secondary N) is 3. The van der Waals surface area contributed by atoms with Gasteiger partial charge in [0.05, 0.1) is 24.4 Å². The quantitative estimate of drug-likeness (QED) is 0.506. The zero-order chi connectivity index (χ0) is 21.7. The van der Waals surface area contributed by atoms with Crippen molar-refractivity contribution in [3.05, 3.63) is 71.7 Å². The molecule has 0 bridgehead atoms. The molecule has 0 spiro atoms. The van der Waals surface area contributed by atoms with Gasteiger partial charge in [-0.3, -0.25) is 14.6 Å².